The molecule has 1 amide bonds. The molecule has 1 N–H and O–H groups in total. The Morgan fingerprint density at radius 1 is 1.32 bits per heavy atom. The monoisotopic (exact) mass is 346 g/mol. The number of fused-ring (bicyclic) bond motifs is 1. The minimum Gasteiger partial charge on any atom is -0.493 e. The van der Waals surface area contributed by atoms with Gasteiger partial charge in [0.2, 0.25) is 5.91 Å². The zero-order chi connectivity index (χ0) is 17.8. The number of benzene rings is 1. The van der Waals surface area contributed by atoms with E-state index in [9.17, 15) is 9.59 Å². The molecule has 0 saturated carbocycles. The molecule has 0 bridgehead atoms. The molecule has 3 rings (SSSR count). The Morgan fingerprint density at radius 2 is 2.08 bits per heavy atom. The lowest BCUT2D eigenvalue weighted by Gasteiger charge is -2.37. The smallest absolute Gasteiger partial charge is 0.317 e. The third kappa shape index (κ3) is 4.31. The SMILES string of the molecule is CCN(CC(=O)O)C1CCN(C(=O)Cc2ccc3c(c2)CCO3)CC1. The number of nitrogens with zero attached hydrogens (tertiary/aromatic N) is 2. The fraction of sp³-hybridized carbons (Fsp3) is 0.579. The number of hydrogen-bond acceptors (Lipinski definition) is 4. The highest BCUT2D eigenvalue weighted by molar-refractivity contribution is 5.79. The molecule has 0 spiro atoms. The number of likely N-dealkylation sites (N-methyl/N-ethyl adjacent to an activating group) is 1. The van der Waals surface area contributed by atoms with Gasteiger partial charge in [-0.1, -0.05) is 19.1 Å². The number of ether oxygens (including phenoxy) is 1. The number of aliphatic carboxylic acids is 1. The summed E-state index contributed by atoms with van der Waals surface area (Å²) in [6.45, 7) is 4.91. The third-order valence-electron chi connectivity index (χ3n) is 5.19. The van der Waals surface area contributed by atoms with E-state index >= 15 is 0 Å². The predicted molar refractivity (Wildman–Crippen MR) is 93.8 cm³/mol. The molecule has 25 heavy (non-hydrogen) atoms. The third-order valence-corrected chi connectivity index (χ3v) is 5.19. The second-order valence-electron chi connectivity index (χ2n) is 6.79. The summed E-state index contributed by atoms with van der Waals surface area (Å²) in [5.41, 5.74) is 2.23. The fourth-order valence-corrected chi connectivity index (χ4v) is 3.79. The molecule has 0 unspecified atom stereocenters. The van der Waals surface area contributed by atoms with Gasteiger partial charge in [-0.2, -0.15) is 0 Å². The van der Waals surface area contributed by atoms with Crippen molar-refractivity contribution in [2.24, 2.45) is 0 Å². The number of piperidine rings is 1. The molecule has 2 heterocycles. The number of rotatable bonds is 6. The highest BCUT2D eigenvalue weighted by atomic mass is 16.5. The molecule has 0 atom stereocenters. The summed E-state index contributed by atoms with van der Waals surface area (Å²) in [4.78, 5) is 27.4. The van der Waals surface area contributed by atoms with E-state index in [1.54, 1.807) is 0 Å². The molecule has 1 fully saturated rings. The first-order valence-electron chi connectivity index (χ1n) is 9.05. The van der Waals surface area contributed by atoms with Crippen molar-refractivity contribution in [2.45, 2.75) is 38.6 Å². The van der Waals surface area contributed by atoms with Crippen molar-refractivity contribution >= 4 is 11.9 Å². The van der Waals surface area contributed by atoms with Crippen LogP contribution in [0.4, 0.5) is 0 Å². The first kappa shape index (κ1) is 17.7. The van der Waals surface area contributed by atoms with E-state index in [4.69, 9.17) is 9.84 Å². The molecule has 1 aromatic rings. The molecule has 6 heteroatoms. The van der Waals surface area contributed by atoms with Crippen LogP contribution in [0.25, 0.3) is 0 Å². The molecule has 0 radical (unpaired) electrons. The number of carbonyl (C=O) groups excluding carboxylic acids is 1. The van der Waals surface area contributed by atoms with Gasteiger partial charge < -0.3 is 14.7 Å². The highest BCUT2D eigenvalue weighted by Crippen LogP contribution is 2.26. The summed E-state index contributed by atoms with van der Waals surface area (Å²) in [7, 11) is 0. The van der Waals surface area contributed by atoms with Crippen LogP contribution in [0.2, 0.25) is 0 Å². The molecule has 0 aliphatic carbocycles. The maximum Gasteiger partial charge on any atom is 0.317 e. The zero-order valence-corrected chi connectivity index (χ0v) is 14.7. The molecule has 2 aliphatic rings. The number of amides is 1. The molecule has 0 aromatic heterocycles. The Morgan fingerprint density at radius 3 is 2.76 bits per heavy atom. The van der Waals surface area contributed by atoms with Crippen LogP contribution in [-0.4, -0.2) is 65.6 Å². The quantitative estimate of drug-likeness (QED) is 0.846. The Labute approximate surface area is 148 Å². The van der Waals surface area contributed by atoms with E-state index in [1.807, 2.05) is 28.9 Å². The van der Waals surface area contributed by atoms with Crippen molar-refractivity contribution in [3.8, 4) is 5.75 Å². The van der Waals surface area contributed by atoms with Gasteiger partial charge in [0.25, 0.3) is 0 Å². The lowest BCUT2D eigenvalue weighted by molar-refractivity contribution is -0.140. The molecular formula is C19H26N2O4. The number of carboxylic acids is 1. The van der Waals surface area contributed by atoms with Crippen molar-refractivity contribution < 1.29 is 19.4 Å². The van der Waals surface area contributed by atoms with Crippen LogP contribution in [0.5, 0.6) is 5.75 Å². The average molecular weight is 346 g/mol. The van der Waals surface area contributed by atoms with Crippen molar-refractivity contribution in [1.29, 1.82) is 0 Å². The van der Waals surface area contributed by atoms with Crippen molar-refractivity contribution in [1.82, 2.24) is 9.80 Å². The zero-order valence-electron chi connectivity index (χ0n) is 14.7. The summed E-state index contributed by atoms with van der Waals surface area (Å²) in [5.74, 6) is 0.301. The van der Waals surface area contributed by atoms with Crippen LogP contribution in [0.15, 0.2) is 18.2 Å². The molecule has 1 aromatic carbocycles. The minimum absolute atomic E-state index is 0.0757. The number of hydrogen-bond donors (Lipinski definition) is 1. The van der Waals surface area contributed by atoms with Crippen molar-refractivity contribution in [3.63, 3.8) is 0 Å². The van der Waals surface area contributed by atoms with Gasteiger partial charge >= 0.3 is 5.97 Å². The Hall–Kier alpha value is -2.08. The molecule has 136 valence electrons. The van der Waals surface area contributed by atoms with Gasteiger partial charge in [0.05, 0.1) is 19.6 Å². The molecular weight excluding hydrogens is 320 g/mol. The second kappa shape index (κ2) is 7.87. The first-order valence-corrected chi connectivity index (χ1v) is 9.05. The van der Waals surface area contributed by atoms with Gasteiger partial charge in [-0.25, -0.2) is 0 Å². The lowest BCUT2D eigenvalue weighted by atomic mass is 10.0. The van der Waals surface area contributed by atoms with Crippen LogP contribution >= 0.6 is 0 Å². The van der Waals surface area contributed by atoms with Crippen molar-refractivity contribution in [2.75, 3.05) is 32.8 Å². The Balaban J connectivity index is 1.52. The summed E-state index contributed by atoms with van der Waals surface area (Å²) in [5, 5.41) is 9.00. The minimum atomic E-state index is -0.791. The Bertz CT molecular complexity index is 638. The molecule has 2 aliphatic heterocycles. The largest absolute Gasteiger partial charge is 0.493 e. The molecule has 1 saturated heterocycles. The highest BCUT2D eigenvalue weighted by Gasteiger charge is 2.27. The Kier molecular flexibility index (Phi) is 5.58. The van der Waals surface area contributed by atoms with Crippen LogP contribution in [0.1, 0.15) is 30.9 Å². The number of likely N-dealkylation sites (tertiary alicyclic amines) is 1. The van der Waals surface area contributed by atoms with E-state index in [1.165, 1.54) is 5.56 Å². The van der Waals surface area contributed by atoms with Crippen LogP contribution in [-0.2, 0) is 22.4 Å². The normalized spacial score (nSPS) is 17.4. The topological polar surface area (TPSA) is 70.1 Å². The average Bonchev–Trinajstić information content (AvgIpc) is 3.07. The number of carboxylic acid groups (broad SMARTS) is 1. The van der Waals surface area contributed by atoms with Crippen LogP contribution in [0.3, 0.4) is 0 Å². The maximum absolute atomic E-state index is 12.6. The van der Waals surface area contributed by atoms with E-state index in [0.717, 1.165) is 43.7 Å². The molecule has 6 nitrogen and oxygen atoms in total. The van der Waals surface area contributed by atoms with Gasteiger partial charge in [-0.15, -0.1) is 0 Å². The van der Waals surface area contributed by atoms with Gasteiger partial charge in [-0.3, -0.25) is 14.5 Å². The van der Waals surface area contributed by atoms with E-state index in [0.29, 0.717) is 19.5 Å². The van der Waals surface area contributed by atoms with Crippen LogP contribution in [0, 0.1) is 0 Å². The van der Waals surface area contributed by atoms with Gasteiger partial charge in [0.1, 0.15) is 5.75 Å². The van der Waals surface area contributed by atoms with Gasteiger partial charge in [-0.05, 0) is 36.6 Å². The summed E-state index contributed by atoms with van der Waals surface area (Å²) >= 11 is 0. The van der Waals surface area contributed by atoms with Crippen LogP contribution < -0.4 is 4.74 Å². The van der Waals surface area contributed by atoms with Gasteiger partial charge in [0.15, 0.2) is 0 Å². The van der Waals surface area contributed by atoms with Gasteiger partial charge in [0, 0.05) is 25.6 Å². The van der Waals surface area contributed by atoms with E-state index in [2.05, 4.69) is 6.07 Å². The number of carbonyl (C=O) groups is 2. The first-order chi connectivity index (χ1) is 12.1. The predicted octanol–water partition coefficient (Wildman–Crippen LogP) is 1.56. The summed E-state index contributed by atoms with van der Waals surface area (Å²) in [6.07, 6.45) is 3.01. The van der Waals surface area contributed by atoms with E-state index < -0.39 is 5.97 Å². The maximum atomic E-state index is 12.6. The van der Waals surface area contributed by atoms with E-state index in [-0.39, 0.29) is 18.5 Å². The summed E-state index contributed by atoms with van der Waals surface area (Å²) < 4.78 is 5.51. The lowest BCUT2D eigenvalue weighted by Crippen LogP contribution is -2.48. The standard InChI is InChI=1S/C19H26N2O4/c1-2-20(13-19(23)24)16-5-8-21(9-6-16)18(22)12-14-3-4-17-15(11-14)7-10-25-17/h3-4,11,16H,2,5-10,12-13H2,1H3,(H,23,24). The van der Waals surface area contributed by atoms with Crippen molar-refractivity contribution in [3.05, 3.63) is 29.3 Å². The summed E-state index contributed by atoms with van der Waals surface area (Å²) in [6, 6.07) is 6.27. The fourth-order valence-electron chi connectivity index (χ4n) is 3.79. The second-order valence-corrected chi connectivity index (χ2v) is 6.79.